The predicted molar refractivity (Wildman–Crippen MR) is 75.6 cm³/mol. The van der Waals surface area contributed by atoms with Gasteiger partial charge in [-0.2, -0.15) is 0 Å². The number of hydrogen-bond donors (Lipinski definition) is 2. The normalized spacial score (nSPS) is 17.4. The molecule has 1 heterocycles. The fourth-order valence-corrected chi connectivity index (χ4v) is 2.36. The summed E-state index contributed by atoms with van der Waals surface area (Å²) in [5.74, 6) is -0.256. The summed E-state index contributed by atoms with van der Waals surface area (Å²) in [6.07, 6.45) is 2.03. The number of non-ortho nitro benzene ring substituents is 1. The molecule has 1 saturated heterocycles. The van der Waals surface area contributed by atoms with Crippen LogP contribution in [0, 0.1) is 15.5 Å². The lowest BCUT2D eigenvalue weighted by molar-refractivity contribution is -0.384. The number of nitrogens with one attached hydrogen (secondary N) is 2. The van der Waals surface area contributed by atoms with Gasteiger partial charge in [-0.05, 0) is 37.4 Å². The Balaban J connectivity index is 1.98. The third-order valence-corrected chi connectivity index (χ3v) is 3.81. The van der Waals surface area contributed by atoms with Crippen LogP contribution < -0.4 is 10.6 Å². The van der Waals surface area contributed by atoms with E-state index in [-0.39, 0.29) is 17.0 Å². The van der Waals surface area contributed by atoms with Gasteiger partial charge in [0, 0.05) is 24.2 Å². The number of nitro groups is 1. The van der Waals surface area contributed by atoms with Gasteiger partial charge in [0.2, 0.25) is 0 Å². The summed E-state index contributed by atoms with van der Waals surface area (Å²) in [4.78, 5) is 22.3. The molecule has 0 saturated carbocycles. The van der Waals surface area contributed by atoms with E-state index in [4.69, 9.17) is 0 Å². The third-order valence-electron chi connectivity index (χ3n) is 3.81. The Morgan fingerprint density at radius 1 is 1.45 bits per heavy atom. The molecular weight excluding hydrogens is 258 g/mol. The van der Waals surface area contributed by atoms with E-state index < -0.39 is 4.92 Å². The molecule has 6 nitrogen and oxygen atoms in total. The molecule has 0 aliphatic carbocycles. The van der Waals surface area contributed by atoms with E-state index in [2.05, 4.69) is 17.6 Å². The minimum Gasteiger partial charge on any atom is -0.351 e. The van der Waals surface area contributed by atoms with Crippen molar-refractivity contribution in [3.8, 4) is 0 Å². The van der Waals surface area contributed by atoms with Crippen molar-refractivity contribution in [2.24, 2.45) is 5.41 Å². The van der Waals surface area contributed by atoms with Crippen molar-refractivity contribution in [1.82, 2.24) is 10.6 Å². The first-order valence-electron chi connectivity index (χ1n) is 6.74. The summed E-state index contributed by atoms with van der Waals surface area (Å²) in [6, 6.07) is 5.80. The van der Waals surface area contributed by atoms with Crippen molar-refractivity contribution in [3.63, 3.8) is 0 Å². The summed E-state index contributed by atoms with van der Waals surface area (Å²) in [5.41, 5.74) is 0.365. The average Bonchev–Trinajstić information content (AvgIpc) is 2.46. The standard InChI is InChI=1S/C14H19N3O3/c1-14(5-7-15-8-6-14)10-16-13(18)11-3-2-4-12(9-11)17(19)20/h2-4,9,15H,5-8,10H2,1H3,(H,16,18). The largest absolute Gasteiger partial charge is 0.351 e. The monoisotopic (exact) mass is 277 g/mol. The van der Waals surface area contributed by atoms with Crippen LogP contribution in [-0.4, -0.2) is 30.5 Å². The number of rotatable bonds is 4. The van der Waals surface area contributed by atoms with Gasteiger partial charge in [0.25, 0.3) is 11.6 Å². The Hall–Kier alpha value is -1.95. The van der Waals surface area contributed by atoms with Crippen LogP contribution >= 0.6 is 0 Å². The smallest absolute Gasteiger partial charge is 0.270 e. The second kappa shape index (κ2) is 6.00. The molecule has 0 aromatic heterocycles. The van der Waals surface area contributed by atoms with Crippen molar-refractivity contribution in [2.45, 2.75) is 19.8 Å². The number of hydrogen-bond acceptors (Lipinski definition) is 4. The molecule has 1 fully saturated rings. The van der Waals surface area contributed by atoms with E-state index in [9.17, 15) is 14.9 Å². The third kappa shape index (κ3) is 3.54. The molecule has 2 N–H and O–H groups in total. The summed E-state index contributed by atoms with van der Waals surface area (Å²) >= 11 is 0. The highest BCUT2D eigenvalue weighted by Crippen LogP contribution is 2.26. The van der Waals surface area contributed by atoms with Gasteiger partial charge in [0.1, 0.15) is 0 Å². The Bertz CT molecular complexity index is 510. The molecular formula is C14H19N3O3. The summed E-state index contributed by atoms with van der Waals surface area (Å²) < 4.78 is 0. The molecule has 2 rings (SSSR count). The molecule has 1 amide bonds. The van der Waals surface area contributed by atoms with Crippen LogP contribution in [0.2, 0.25) is 0 Å². The van der Waals surface area contributed by atoms with Gasteiger partial charge in [0.15, 0.2) is 0 Å². The second-order valence-corrected chi connectivity index (χ2v) is 5.55. The molecule has 1 aromatic carbocycles. The average molecular weight is 277 g/mol. The first-order valence-corrected chi connectivity index (χ1v) is 6.74. The summed E-state index contributed by atoms with van der Waals surface area (Å²) in [7, 11) is 0. The second-order valence-electron chi connectivity index (χ2n) is 5.55. The zero-order chi connectivity index (χ0) is 14.6. The maximum Gasteiger partial charge on any atom is 0.270 e. The molecule has 1 aliphatic rings. The fourth-order valence-electron chi connectivity index (χ4n) is 2.36. The van der Waals surface area contributed by atoms with Crippen molar-refractivity contribution in [3.05, 3.63) is 39.9 Å². The predicted octanol–water partition coefficient (Wildman–Crippen LogP) is 1.71. The van der Waals surface area contributed by atoms with Gasteiger partial charge >= 0.3 is 0 Å². The SMILES string of the molecule is CC1(CNC(=O)c2cccc([N+](=O)[O-])c2)CCNCC1. The molecule has 0 radical (unpaired) electrons. The van der Waals surface area contributed by atoms with E-state index >= 15 is 0 Å². The minimum atomic E-state index is -0.495. The van der Waals surface area contributed by atoms with Crippen LogP contribution in [0.3, 0.4) is 0 Å². The number of benzene rings is 1. The van der Waals surface area contributed by atoms with Crippen LogP contribution in [0.5, 0.6) is 0 Å². The molecule has 1 aromatic rings. The van der Waals surface area contributed by atoms with Gasteiger partial charge in [-0.25, -0.2) is 0 Å². The summed E-state index contributed by atoms with van der Waals surface area (Å²) in [5, 5.41) is 16.9. The molecule has 0 unspecified atom stereocenters. The van der Waals surface area contributed by atoms with Gasteiger partial charge in [-0.15, -0.1) is 0 Å². The van der Waals surface area contributed by atoms with E-state index in [1.807, 2.05) is 0 Å². The number of nitrogens with zero attached hydrogens (tertiary/aromatic N) is 1. The van der Waals surface area contributed by atoms with E-state index in [1.165, 1.54) is 18.2 Å². The Kier molecular flexibility index (Phi) is 4.34. The zero-order valence-electron chi connectivity index (χ0n) is 11.5. The van der Waals surface area contributed by atoms with Crippen LogP contribution in [0.1, 0.15) is 30.1 Å². The van der Waals surface area contributed by atoms with Crippen molar-refractivity contribution in [1.29, 1.82) is 0 Å². The lowest BCUT2D eigenvalue weighted by atomic mass is 9.81. The van der Waals surface area contributed by atoms with Crippen molar-refractivity contribution < 1.29 is 9.72 Å². The first-order chi connectivity index (χ1) is 9.50. The van der Waals surface area contributed by atoms with Gasteiger partial charge in [0.05, 0.1) is 4.92 Å². The van der Waals surface area contributed by atoms with Crippen molar-refractivity contribution >= 4 is 11.6 Å². The summed E-state index contributed by atoms with van der Waals surface area (Å²) in [6.45, 7) is 4.67. The number of amides is 1. The highest BCUT2D eigenvalue weighted by atomic mass is 16.6. The highest BCUT2D eigenvalue weighted by molar-refractivity contribution is 5.94. The van der Waals surface area contributed by atoms with E-state index in [1.54, 1.807) is 6.07 Å². The lowest BCUT2D eigenvalue weighted by Crippen LogP contribution is -2.42. The number of carbonyl (C=O) groups is 1. The molecule has 108 valence electrons. The highest BCUT2D eigenvalue weighted by Gasteiger charge is 2.27. The van der Waals surface area contributed by atoms with Crippen LogP contribution in [-0.2, 0) is 0 Å². The molecule has 20 heavy (non-hydrogen) atoms. The van der Waals surface area contributed by atoms with Gasteiger partial charge in [-0.3, -0.25) is 14.9 Å². The lowest BCUT2D eigenvalue weighted by Gasteiger charge is -2.34. The van der Waals surface area contributed by atoms with Crippen LogP contribution in [0.25, 0.3) is 0 Å². The topological polar surface area (TPSA) is 84.3 Å². The molecule has 6 heteroatoms. The van der Waals surface area contributed by atoms with Gasteiger partial charge in [-0.1, -0.05) is 13.0 Å². The van der Waals surface area contributed by atoms with Crippen LogP contribution in [0.15, 0.2) is 24.3 Å². The number of nitro benzene ring substituents is 1. The molecule has 0 bridgehead atoms. The minimum absolute atomic E-state index is 0.0641. The quantitative estimate of drug-likeness (QED) is 0.648. The number of carbonyl (C=O) groups excluding carboxylic acids is 1. The molecule has 1 aliphatic heterocycles. The van der Waals surface area contributed by atoms with Crippen LogP contribution in [0.4, 0.5) is 5.69 Å². The van der Waals surface area contributed by atoms with Gasteiger partial charge < -0.3 is 10.6 Å². The fraction of sp³-hybridized carbons (Fsp3) is 0.500. The maximum atomic E-state index is 12.1. The van der Waals surface area contributed by atoms with E-state index in [0.717, 1.165) is 25.9 Å². The number of piperidine rings is 1. The Morgan fingerprint density at radius 2 is 2.15 bits per heavy atom. The van der Waals surface area contributed by atoms with Crippen molar-refractivity contribution in [2.75, 3.05) is 19.6 Å². The Morgan fingerprint density at radius 3 is 2.80 bits per heavy atom. The first kappa shape index (κ1) is 14.5. The Labute approximate surface area is 117 Å². The molecule has 0 atom stereocenters. The molecule has 0 spiro atoms. The zero-order valence-corrected chi connectivity index (χ0v) is 11.5. The maximum absolute atomic E-state index is 12.1. The van der Waals surface area contributed by atoms with E-state index in [0.29, 0.717) is 12.1 Å².